The summed E-state index contributed by atoms with van der Waals surface area (Å²) in [7, 11) is 0. The molecule has 0 aliphatic carbocycles. The number of hydrogen-bond donors (Lipinski definition) is 0. The highest BCUT2D eigenvalue weighted by Crippen LogP contribution is 2.18. The second-order valence-corrected chi connectivity index (χ2v) is 4.73. The second-order valence-electron chi connectivity index (χ2n) is 4.24. The lowest BCUT2D eigenvalue weighted by Crippen LogP contribution is -2.06. The molecule has 0 heterocycles. The molecule has 0 aliphatic rings. The Labute approximate surface area is 113 Å². The Morgan fingerprint density at radius 1 is 0.944 bits per heavy atom. The fraction of sp³-hybridized carbons (Fsp3) is 0.250. The number of rotatable bonds is 5. The Morgan fingerprint density at radius 2 is 1.56 bits per heavy atom. The number of halogens is 1. The van der Waals surface area contributed by atoms with Gasteiger partial charge in [-0.15, -0.1) is 0 Å². The first-order valence-electron chi connectivity index (χ1n) is 6.21. The van der Waals surface area contributed by atoms with E-state index in [1.165, 1.54) is 11.1 Å². The largest absolute Gasteiger partial charge is 0.475 e. The van der Waals surface area contributed by atoms with Gasteiger partial charge in [0.15, 0.2) is 5.56 Å². The molecule has 0 spiro atoms. The first-order valence-corrected chi connectivity index (χ1v) is 6.65. The van der Waals surface area contributed by atoms with Crippen LogP contribution in [0.2, 0.25) is 0 Å². The maximum absolute atomic E-state index is 5.95. The van der Waals surface area contributed by atoms with Crippen LogP contribution in [0.3, 0.4) is 0 Å². The molecule has 0 aromatic heterocycles. The van der Waals surface area contributed by atoms with Crippen molar-refractivity contribution in [2.75, 3.05) is 0 Å². The van der Waals surface area contributed by atoms with Crippen LogP contribution in [0.15, 0.2) is 54.6 Å². The standard InChI is InChI=1S/C16H17ClO/c1-2-16(17)18-15-10-8-14(9-11-15)12-13-6-4-3-5-7-13/h3-11,16H,2,12H2,1H3. The molecular weight excluding hydrogens is 244 g/mol. The SMILES string of the molecule is CCC(Cl)Oc1ccc(Cc2ccccc2)cc1. The number of ether oxygens (including phenoxy) is 1. The van der Waals surface area contributed by atoms with Gasteiger partial charge in [0.05, 0.1) is 0 Å². The molecule has 1 unspecified atom stereocenters. The van der Waals surface area contributed by atoms with Gasteiger partial charge in [0.2, 0.25) is 0 Å². The van der Waals surface area contributed by atoms with E-state index in [0.717, 1.165) is 18.6 Å². The van der Waals surface area contributed by atoms with Crippen molar-refractivity contribution >= 4 is 11.6 Å². The molecule has 0 amide bonds. The zero-order valence-corrected chi connectivity index (χ0v) is 11.2. The van der Waals surface area contributed by atoms with Crippen molar-refractivity contribution < 1.29 is 4.74 Å². The Bertz CT molecular complexity index is 464. The summed E-state index contributed by atoms with van der Waals surface area (Å²) in [6.45, 7) is 2.00. The van der Waals surface area contributed by atoms with E-state index >= 15 is 0 Å². The van der Waals surface area contributed by atoms with Gasteiger partial charge in [0, 0.05) is 0 Å². The van der Waals surface area contributed by atoms with Crippen molar-refractivity contribution in [3.05, 3.63) is 65.7 Å². The van der Waals surface area contributed by atoms with E-state index in [0.29, 0.717) is 0 Å². The van der Waals surface area contributed by atoms with Crippen LogP contribution in [0.4, 0.5) is 0 Å². The summed E-state index contributed by atoms with van der Waals surface area (Å²) in [5, 5.41) is 0. The van der Waals surface area contributed by atoms with Crippen LogP contribution in [-0.4, -0.2) is 5.56 Å². The maximum atomic E-state index is 5.95. The highest BCUT2D eigenvalue weighted by Gasteiger charge is 2.03. The lowest BCUT2D eigenvalue weighted by molar-refractivity contribution is 0.277. The lowest BCUT2D eigenvalue weighted by atomic mass is 10.1. The van der Waals surface area contributed by atoms with E-state index in [9.17, 15) is 0 Å². The van der Waals surface area contributed by atoms with Crippen LogP contribution in [0, 0.1) is 0 Å². The zero-order valence-electron chi connectivity index (χ0n) is 10.5. The summed E-state index contributed by atoms with van der Waals surface area (Å²) in [4.78, 5) is 0. The van der Waals surface area contributed by atoms with E-state index in [-0.39, 0.29) is 5.56 Å². The van der Waals surface area contributed by atoms with Crippen molar-refractivity contribution in [1.82, 2.24) is 0 Å². The van der Waals surface area contributed by atoms with Crippen LogP contribution < -0.4 is 4.74 Å². The monoisotopic (exact) mass is 260 g/mol. The molecule has 1 nitrogen and oxygen atoms in total. The van der Waals surface area contributed by atoms with Crippen LogP contribution in [0.1, 0.15) is 24.5 Å². The predicted octanol–water partition coefficient (Wildman–Crippen LogP) is 4.63. The van der Waals surface area contributed by atoms with Gasteiger partial charge in [-0.3, -0.25) is 0 Å². The Hall–Kier alpha value is -1.47. The predicted molar refractivity (Wildman–Crippen MR) is 76.3 cm³/mol. The molecule has 0 bridgehead atoms. The molecule has 0 saturated heterocycles. The van der Waals surface area contributed by atoms with Gasteiger partial charge in [-0.2, -0.15) is 0 Å². The first kappa shape index (κ1) is 13.0. The molecule has 2 aromatic carbocycles. The van der Waals surface area contributed by atoms with Gasteiger partial charge in [-0.25, -0.2) is 0 Å². The molecule has 1 atom stereocenters. The molecule has 0 saturated carbocycles. The van der Waals surface area contributed by atoms with Crippen molar-refractivity contribution in [3.63, 3.8) is 0 Å². The summed E-state index contributed by atoms with van der Waals surface area (Å²) < 4.78 is 5.53. The quantitative estimate of drug-likeness (QED) is 0.712. The number of benzene rings is 2. The third-order valence-electron chi connectivity index (χ3n) is 2.76. The van der Waals surface area contributed by atoms with Crippen LogP contribution in [0.5, 0.6) is 5.75 Å². The third-order valence-corrected chi connectivity index (χ3v) is 3.16. The van der Waals surface area contributed by atoms with Crippen LogP contribution in [0.25, 0.3) is 0 Å². The molecular formula is C16H17ClO. The smallest absolute Gasteiger partial charge is 0.171 e. The molecule has 0 N–H and O–H groups in total. The van der Waals surface area contributed by atoms with Crippen molar-refractivity contribution in [3.8, 4) is 5.75 Å². The molecule has 2 heteroatoms. The molecule has 94 valence electrons. The molecule has 2 aromatic rings. The summed E-state index contributed by atoms with van der Waals surface area (Å²) in [5.41, 5.74) is 2.34. The normalized spacial score (nSPS) is 12.1. The van der Waals surface area contributed by atoms with Gasteiger partial charge >= 0.3 is 0 Å². The van der Waals surface area contributed by atoms with Gasteiger partial charge in [-0.1, -0.05) is 61.0 Å². The maximum Gasteiger partial charge on any atom is 0.171 e. The van der Waals surface area contributed by atoms with Crippen LogP contribution >= 0.6 is 11.6 Å². The third kappa shape index (κ3) is 3.78. The zero-order chi connectivity index (χ0) is 12.8. The topological polar surface area (TPSA) is 9.23 Å². The average molecular weight is 261 g/mol. The van der Waals surface area contributed by atoms with E-state index in [1.807, 2.05) is 25.1 Å². The minimum Gasteiger partial charge on any atom is -0.475 e. The summed E-state index contributed by atoms with van der Waals surface area (Å²) in [5.74, 6) is 0.827. The highest BCUT2D eigenvalue weighted by molar-refractivity contribution is 6.19. The highest BCUT2D eigenvalue weighted by atomic mass is 35.5. The molecule has 0 aliphatic heterocycles. The van der Waals surface area contributed by atoms with E-state index in [1.54, 1.807) is 0 Å². The fourth-order valence-electron chi connectivity index (χ4n) is 1.75. The number of alkyl halides is 1. The van der Waals surface area contributed by atoms with Crippen LogP contribution in [-0.2, 0) is 6.42 Å². The van der Waals surface area contributed by atoms with Gasteiger partial charge in [0.1, 0.15) is 5.75 Å². The first-order chi connectivity index (χ1) is 8.78. The van der Waals surface area contributed by atoms with E-state index < -0.39 is 0 Å². The molecule has 2 rings (SSSR count). The lowest BCUT2D eigenvalue weighted by Gasteiger charge is -2.11. The summed E-state index contributed by atoms with van der Waals surface area (Å²) in [6.07, 6.45) is 1.74. The summed E-state index contributed by atoms with van der Waals surface area (Å²) >= 11 is 5.95. The number of hydrogen-bond acceptors (Lipinski definition) is 1. The van der Waals surface area contributed by atoms with E-state index in [2.05, 4.69) is 36.4 Å². The van der Waals surface area contributed by atoms with Crippen molar-refractivity contribution in [2.24, 2.45) is 0 Å². The molecule has 18 heavy (non-hydrogen) atoms. The van der Waals surface area contributed by atoms with Gasteiger partial charge in [0.25, 0.3) is 0 Å². The average Bonchev–Trinajstić information content (AvgIpc) is 2.42. The Balaban J connectivity index is 2.00. The van der Waals surface area contributed by atoms with Crippen molar-refractivity contribution in [1.29, 1.82) is 0 Å². The minimum atomic E-state index is -0.245. The fourth-order valence-corrected chi connectivity index (χ4v) is 1.85. The van der Waals surface area contributed by atoms with Gasteiger partial charge in [-0.05, 0) is 36.1 Å². The molecule has 0 radical (unpaired) electrons. The summed E-state index contributed by atoms with van der Waals surface area (Å²) in [6, 6.07) is 18.5. The Kier molecular flexibility index (Phi) is 4.66. The second kappa shape index (κ2) is 6.46. The van der Waals surface area contributed by atoms with E-state index in [4.69, 9.17) is 16.3 Å². The van der Waals surface area contributed by atoms with Gasteiger partial charge < -0.3 is 4.74 Å². The van der Waals surface area contributed by atoms with Crippen molar-refractivity contribution in [2.45, 2.75) is 25.3 Å². The minimum absolute atomic E-state index is 0.245. The Morgan fingerprint density at radius 3 is 2.17 bits per heavy atom. The molecule has 0 fully saturated rings.